The number of anilines is 2. The smallest absolute Gasteiger partial charge is 0.332 e. The third kappa shape index (κ3) is 3.22. The van der Waals surface area contributed by atoms with Gasteiger partial charge in [0.15, 0.2) is 0 Å². The van der Waals surface area contributed by atoms with Crippen molar-refractivity contribution in [2.45, 2.75) is 46.5 Å². The maximum atomic E-state index is 11.3. The minimum absolute atomic E-state index is 0.0257. The average molecular weight is 293 g/mol. The van der Waals surface area contributed by atoms with Crippen LogP contribution in [0.1, 0.15) is 45.2 Å². The second kappa shape index (κ2) is 6.24. The van der Waals surface area contributed by atoms with Gasteiger partial charge < -0.3 is 10.6 Å². The Labute approximate surface area is 124 Å². The normalized spacial score (nSPS) is 16.1. The molecule has 7 nitrogen and oxygen atoms in total. The third-order valence-electron chi connectivity index (χ3n) is 4.37. The quantitative estimate of drug-likeness (QED) is 0.592. The molecular formula is C14H23N5O2. The lowest BCUT2D eigenvalue weighted by molar-refractivity contribution is -0.385. The molecule has 0 radical (unpaired) electrons. The van der Waals surface area contributed by atoms with Gasteiger partial charge >= 0.3 is 5.69 Å². The van der Waals surface area contributed by atoms with Crippen molar-refractivity contribution in [2.75, 3.05) is 23.7 Å². The predicted molar refractivity (Wildman–Crippen MR) is 82.7 cm³/mol. The van der Waals surface area contributed by atoms with E-state index in [1.54, 1.807) is 6.92 Å². The number of aromatic nitrogens is 2. The van der Waals surface area contributed by atoms with E-state index in [9.17, 15) is 10.1 Å². The molecule has 0 unspecified atom stereocenters. The fourth-order valence-electron chi connectivity index (χ4n) is 2.75. The molecule has 0 amide bonds. The van der Waals surface area contributed by atoms with Crippen LogP contribution in [0.3, 0.4) is 0 Å². The van der Waals surface area contributed by atoms with Crippen molar-refractivity contribution in [3.05, 3.63) is 15.8 Å². The van der Waals surface area contributed by atoms with Gasteiger partial charge in [0.05, 0.1) is 4.92 Å². The van der Waals surface area contributed by atoms with E-state index >= 15 is 0 Å². The number of nitro groups is 1. The second-order valence-corrected chi connectivity index (χ2v) is 5.68. The molecule has 1 saturated carbocycles. The SMILES string of the molecule is CCNc1nc(C)c([N+](=O)[O-])c(NCC2(CC)CCC2)n1. The molecule has 0 bridgehead atoms. The first-order chi connectivity index (χ1) is 10.0. The van der Waals surface area contributed by atoms with Crippen molar-refractivity contribution in [1.29, 1.82) is 0 Å². The summed E-state index contributed by atoms with van der Waals surface area (Å²) in [7, 11) is 0. The maximum Gasteiger partial charge on any atom is 0.332 e. The minimum atomic E-state index is -0.410. The highest BCUT2D eigenvalue weighted by Crippen LogP contribution is 2.44. The summed E-state index contributed by atoms with van der Waals surface area (Å²) in [5.41, 5.74) is 0.625. The van der Waals surface area contributed by atoms with Gasteiger partial charge in [0.2, 0.25) is 11.8 Å². The molecule has 0 aromatic carbocycles. The summed E-state index contributed by atoms with van der Waals surface area (Å²) < 4.78 is 0. The van der Waals surface area contributed by atoms with E-state index in [0.29, 0.717) is 24.0 Å². The van der Waals surface area contributed by atoms with Crippen LogP contribution in [-0.2, 0) is 0 Å². The molecule has 21 heavy (non-hydrogen) atoms. The van der Waals surface area contributed by atoms with Gasteiger partial charge in [-0.25, -0.2) is 4.98 Å². The number of nitrogens with one attached hydrogen (secondary N) is 2. The Morgan fingerprint density at radius 1 is 1.29 bits per heavy atom. The average Bonchev–Trinajstić information content (AvgIpc) is 2.37. The van der Waals surface area contributed by atoms with Crippen LogP contribution in [-0.4, -0.2) is 28.0 Å². The molecule has 1 aromatic heterocycles. The fourth-order valence-corrected chi connectivity index (χ4v) is 2.75. The van der Waals surface area contributed by atoms with E-state index in [2.05, 4.69) is 27.5 Å². The summed E-state index contributed by atoms with van der Waals surface area (Å²) in [4.78, 5) is 19.2. The molecule has 7 heteroatoms. The van der Waals surface area contributed by atoms with E-state index in [1.807, 2.05) is 6.92 Å². The summed E-state index contributed by atoms with van der Waals surface area (Å²) in [6.07, 6.45) is 4.67. The van der Waals surface area contributed by atoms with E-state index in [0.717, 1.165) is 13.0 Å². The molecule has 0 aliphatic heterocycles. The number of rotatable bonds is 7. The molecule has 1 aromatic rings. The van der Waals surface area contributed by atoms with Crippen molar-refractivity contribution in [3.63, 3.8) is 0 Å². The van der Waals surface area contributed by atoms with Crippen molar-refractivity contribution < 1.29 is 4.92 Å². The van der Waals surface area contributed by atoms with Gasteiger partial charge in [0, 0.05) is 13.1 Å². The van der Waals surface area contributed by atoms with Gasteiger partial charge in [0.25, 0.3) is 0 Å². The first-order valence-electron chi connectivity index (χ1n) is 7.52. The lowest BCUT2D eigenvalue weighted by Gasteiger charge is -2.41. The minimum Gasteiger partial charge on any atom is -0.364 e. The second-order valence-electron chi connectivity index (χ2n) is 5.68. The van der Waals surface area contributed by atoms with E-state index in [1.165, 1.54) is 19.3 Å². The van der Waals surface area contributed by atoms with Crippen molar-refractivity contribution in [3.8, 4) is 0 Å². The first-order valence-corrected chi connectivity index (χ1v) is 7.52. The predicted octanol–water partition coefficient (Wildman–Crippen LogP) is 3.12. The van der Waals surface area contributed by atoms with E-state index < -0.39 is 4.92 Å². The lowest BCUT2D eigenvalue weighted by atomic mass is 9.67. The largest absolute Gasteiger partial charge is 0.364 e. The zero-order valence-corrected chi connectivity index (χ0v) is 12.9. The van der Waals surface area contributed by atoms with Crippen molar-refractivity contribution >= 4 is 17.5 Å². The molecule has 1 heterocycles. The number of hydrogen-bond donors (Lipinski definition) is 2. The van der Waals surface area contributed by atoms with Gasteiger partial charge in [-0.3, -0.25) is 10.1 Å². The van der Waals surface area contributed by atoms with Gasteiger partial charge in [0.1, 0.15) is 5.69 Å². The highest BCUT2D eigenvalue weighted by molar-refractivity contribution is 5.60. The molecule has 1 fully saturated rings. The summed E-state index contributed by atoms with van der Waals surface area (Å²) in [6.45, 7) is 7.16. The van der Waals surface area contributed by atoms with Crippen LogP contribution in [0.2, 0.25) is 0 Å². The maximum absolute atomic E-state index is 11.3. The molecule has 0 spiro atoms. The van der Waals surface area contributed by atoms with Crippen LogP contribution >= 0.6 is 0 Å². The Hall–Kier alpha value is -1.92. The van der Waals surface area contributed by atoms with Crippen LogP contribution in [0.4, 0.5) is 17.5 Å². The van der Waals surface area contributed by atoms with Crippen LogP contribution in [0.15, 0.2) is 0 Å². The topological polar surface area (TPSA) is 93.0 Å². The van der Waals surface area contributed by atoms with Crippen molar-refractivity contribution in [1.82, 2.24) is 9.97 Å². The summed E-state index contributed by atoms with van der Waals surface area (Å²) >= 11 is 0. The van der Waals surface area contributed by atoms with Gasteiger partial charge in [-0.2, -0.15) is 4.98 Å². The number of nitrogens with zero attached hydrogens (tertiary/aromatic N) is 3. The highest BCUT2D eigenvalue weighted by Gasteiger charge is 2.35. The highest BCUT2D eigenvalue weighted by atomic mass is 16.6. The summed E-state index contributed by atoms with van der Waals surface area (Å²) in [5, 5.41) is 17.5. The van der Waals surface area contributed by atoms with Crippen LogP contribution in [0.25, 0.3) is 0 Å². The monoisotopic (exact) mass is 293 g/mol. The zero-order chi connectivity index (χ0) is 15.5. The Bertz CT molecular complexity index is 523. The van der Waals surface area contributed by atoms with Crippen molar-refractivity contribution in [2.24, 2.45) is 5.41 Å². The molecule has 116 valence electrons. The molecule has 2 N–H and O–H groups in total. The molecule has 1 aliphatic carbocycles. The standard InChI is InChI=1S/C14H23N5O2/c1-4-14(7-6-8-14)9-16-12-11(19(20)21)10(3)17-13(18-12)15-5-2/h4-9H2,1-3H3,(H2,15,16,17,18). The Kier molecular flexibility index (Phi) is 4.59. The van der Waals surface area contributed by atoms with Gasteiger partial charge in [-0.1, -0.05) is 13.3 Å². The van der Waals surface area contributed by atoms with E-state index in [4.69, 9.17) is 0 Å². The molecular weight excluding hydrogens is 270 g/mol. The molecule has 0 saturated heterocycles. The van der Waals surface area contributed by atoms with Crippen LogP contribution in [0.5, 0.6) is 0 Å². The number of aryl methyl sites for hydroxylation is 1. The van der Waals surface area contributed by atoms with Gasteiger partial charge in [-0.15, -0.1) is 0 Å². The fraction of sp³-hybridized carbons (Fsp3) is 0.714. The van der Waals surface area contributed by atoms with E-state index in [-0.39, 0.29) is 11.1 Å². The first kappa shape index (κ1) is 15.5. The molecule has 0 atom stereocenters. The summed E-state index contributed by atoms with van der Waals surface area (Å²) in [6, 6.07) is 0. The molecule has 1 aliphatic rings. The lowest BCUT2D eigenvalue weighted by Crippen LogP contribution is -2.36. The zero-order valence-electron chi connectivity index (χ0n) is 12.9. The third-order valence-corrected chi connectivity index (χ3v) is 4.37. The Morgan fingerprint density at radius 3 is 2.48 bits per heavy atom. The van der Waals surface area contributed by atoms with Gasteiger partial charge in [-0.05, 0) is 38.5 Å². The van der Waals surface area contributed by atoms with Crippen LogP contribution < -0.4 is 10.6 Å². The Balaban J connectivity index is 2.24. The Morgan fingerprint density at radius 2 is 2.00 bits per heavy atom. The molecule has 2 rings (SSSR count). The van der Waals surface area contributed by atoms with Crippen LogP contribution in [0, 0.1) is 22.5 Å². The number of hydrogen-bond acceptors (Lipinski definition) is 6. The summed E-state index contributed by atoms with van der Waals surface area (Å²) in [5.74, 6) is 0.755.